The van der Waals surface area contributed by atoms with E-state index in [-0.39, 0.29) is 12.0 Å². The first-order valence-corrected chi connectivity index (χ1v) is 10.4. The topological polar surface area (TPSA) is 81.9 Å². The molecule has 0 saturated carbocycles. The highest BCUT2D eigenvalue weighted by Gasteiger charge is 2.21. The van der Waals surface area contributed by atoms with Crippen molar-refractivity contribution in [2.24, 2.45) is 0 Å². The van der Waals surface area contributed by atoms with E-state index in [2.05, 4.69) is 47.3 Å². The maximum Gasteiger partial charge on any atom is 0.269 e. The quantitative estimate of drug-likeness (QED) is 0.577. The van der Waals surface area contributed by atoms with Gasteiger partial charge < -0.3 is 10.1 Å². The lowest BCUT2D eigenvalue weighted by atomic mass is 10.1. The van der Waals surface area contributed by atoms with E-state index < -0.39 is 0 Å². The largest absolute Gasteiger partial charge is 0.489 e. The lowest BCUT2D eigenvalue weighted by molar-refractivity contribution is 0.0924. The van der Waals surface area contributed by atoms with Crippen LogP contribution in [0.2, 0.25) is 0 Å². The molecule has 0 saturated heterocycles. The van der Waals surface area contributed by atoms with Gasteiger partial charge in [-0.25, -0.2) is 9.97 Å². The average Bonchev–Trinajstić information content (AvgIpc) is 3.09. The monoisotopic (exact) mass is 505 g/mol. The van der Waals surface area contributed by atoms with E-state index in [1.54, 1.807) is 23.0 Å². The fraction of sp³-hybridized carbons (Fsp3) is 0.263. The normalized spacial score (nSPS) is 13.4. The summed E-state index contributed by atoms with van der Waals surface area (Å²) < 4.78 is 9.39. The van der Waals surface area contributed by atoms with E-state index in [1.165, 1.54) is 0 Å². The molecule has 3 heterocycles. The Bertz CT molecular complexity index is 1060. The molecule has 7 nitrogen and oxygen atoms in total. The Labute approximate surface area is 178 Å². The number of nitrogens with one attached hydrogen (secondary N) is 1. The van der Waals surface area contributed by atoms with Crippen LogP contribution in [0.5, 0.6) is 5.75 Å². The molecular formula is C19H17Br2N5O2. The van der Waals surface area contributed by atoms with Gasteiger partial charge in [0.1, 0.15) is 17.1 Å². The van der Waals surface area contributed by atoms with Crippen LogP contribution in [0.1, 0.15) is 24.3 Å². The van der Waals surface area contributed by atoms with Crippen LogP contribution >= 0.6 is 31.9 Å². The minimum atomic E-state index is -0.122. The van der Waals surface area contributed by atoms with Gasteiger partial charge in [-0.1, -0.05) is 15.9 Å². The molecule has 1 N–H and O–H groups in total. The molecule has 9 heteroatoms. The fourth-order valence-corrected chi connectivity index (χ4v) is 4.29. The standard InChI is InChI=1S/C19H17Br2N5O2/c1-10(2)28-17-12(7-11(20)8-13(17)21)18-22-4-3-14(24-18)15-9-16-19(27)23-5-6-26(16)25-15/h3-4,7-10H,5-6H2,1-2H3,(H,23,27). The smallest absolute Gasteiger partial charge is 0.269 e. The van der Waals surface area contributed by atoms with E-state index in [0.717, 1.165) is 14.5 Å². The van der Waals surface area contributed by atoms with Gasteiger partial charge in [0.15, 0.2) is 5.82 Å². The van der Waals surface area contributed by atoms with Gasteiger partial charge >= 0.3 is 0 Å². The Morgan fingerprint density at radius 2 is 2.04 bits per heavy atom. The molecule has 3 aromatic rings. The van der Waals surface area contributed by atoms with Crippen molar-refractivity contribution < 1.29 is 9.53 Å². The minimum Gasteiger partial charge on any atom is -0.489 e. The van der Waals surface area contributed by atoms with Gasteiger partial charge in [-0.3, -0.25) is 9.48 Å². The summed E-state index contributed by atoms with van der Waals surface area (Å²) in [5, 5.41) is 7.35. The van der Waals surface area contributed by atoms with Crippen molar-refractivity contribution in [3.8, 4) is 28.5 Å². The maximum absolute atomic E-state index is 12.0. The molecule has 0 unspecified atom stereocenters. The SMILES string of the molecule is CC(C)Oc1c(Br)cc(Br)cc1-c1nccc(-c2cc3n(n2)CCNC3=O)n1. The van der Waals surface area contributed by atoms with Crippen molar-refractivity contribution >= 4 is 37.8 Å². The molecule has 0 fully saturated rings. The molecule has 1 aromatic carbocycles. The van der Waals surface area contributed by atoms with E-state index in [0.29, 0.717) is 41.7 Å². The fourth-order valence-electron chi connectivity index (χ4n) is 2.97. The van der Waals surface area contributed by atoms with Gasteiger partial charge in [0.2, 0.25) is 0 Å². The van der Waals surface area contributed by atoms with Crippen LogP contribution in [0.15, 0.2) is 39.4 Å². The molecule has 1 aliphatic rings. The molecule has 4 rings (SSSR count). The number of fused-ring (bicyclic) bond motifs is 1. The summed E-state index contributed by atoms with van der Waals surface area (Å²) in [7, 11) is 0. The summed E-state index contributed by atoms with van der Waals surface area (Å²) in [6.07, 6.45) is 1.68. The number of aromatic nitrogens is 4. The Kier molecular flexibility index (Phi) is 5.20. The summed E-state index contributed by atoms with van der Waals surface area (Å²) in [5.41, 5.74) is 2.58. The number of hydrogen-bond donors (Lipinski definition) is 1. The third kappa shape index (κ3) is 3.68. The van der Waals surface area contributed by atoms with Gasteiger partial charge in [-0.05, 0) is 54.0 Å². The number of hydrogen-bond acceptors (Lipinski definition) is 5. The van der Waals surface area contributed by atoms with E-state index in [4.69, 9.17) is 9.72 Å². The van der Waals surface area contributed by atoms with Crippen molar-refractivity contribution in [3.05, 3.63) is 45.1 Å². The molecule has 0 bridgehead atoms. The predicted octanol–water partition coefficient (Wildman–Crippen LogP) is 4.06. The number of benzene rings is 1. The summed E-state index contributed by atoms with van der Waals surface area (Å²) in [6, 6.07) is 7.38. The number of halogens is 2. The second-order valence-corrected chi connectivity index (χ2v) is 8.36. The third-order valence-electron chi connectivity index (χ3n) is 4.14. The van der Waals surface area contributed by atoms with E-state index in [9.17, 15) is 4.79 Å². The number of ether oxygens (including phenoxy) is 1. The van der Waals surface area contributed by atoms with Crippen molar-refractivity contribution in [1.82, 2.24) is 25.1 Å². The molecule has 0 aliphatic carbocycles. The Morgan fingerprint density at radius 1 is 1.21 bits per heavy atom. The van der Waals surface area contributed by atoms with Crippen molar-refractivity contribution in [1.29, 1.82) is 0 Å². The molecule has 0 radical (unpaired) electrons. The lowest BCUT2D eigenvalue weighted by Crippen LogP contribution is -2.35. The number of amides is 1. The maximum atomic E-state index is 12.0. The second kappa shape index (κ2) is 7.63. The summed E-state index contributed by atoms with van der Waals surface area (Å²) in [6.45, 7) is 5.15. The highest BCUT2D eigenvalue weighted by atomic mass is 79.9. The zero-order chi connectivity index (χ0) is 19.8. The van der Waals surface area contributed by atoms with Crippen molar-refractivity contribution in [2.75, 3.05) is 6.54 Å². The van der Waals surface area contributed by atoms with E-state index in [1.807, 2.05) is 26.0 Å². The van der Waals surface area contributed by atoms with Crippen LogP contribution in [0.25, 0.3) is 22.8 Å². The van der Waals surface area contributed by atoms with Crippen LogP contribution in [0, 0.1) is 0 Å². The van der Waals surface area contributed by atoms with Crippen LogP contribution in [0.4, 0.5) is 0 Å². The molecule has 144 valence electrons. The third-order valence-corrected chi connectivity index (χ3v) is 5.19. The predicted molar refractivity (Wildman–Crippen MR) is 112 cm³/mol. The second-order valence-electron chi connectivity index (χ2n) is 6.59. The van der Waals surface area contributed by atoms with Gasteiger partial charge in [-0.15, -0.1) is 0 Å². The first-order chi connectivity index (χ1) is 13.4. The van der Waals surface area contributed by atoms with Gasteiger partial charge in [0.05, 0.1) is 28.4 Å². The molecule has 28 heavy (non-hydrogen) atoms. The van der Waals surface area contributed by atoms with Gasteiger partial charge in [0, 0.05) is 17.2 Å². The molecule has 0 spiro atoms. The molecular weight excluding hydrogens is 490 g/mol. The number of carbonyl (C=O) groups is 1. The van der Waals surface area contributed by atoms with Gasteiger partial charge in [-0.2, -0.15) is 5.10 Å². The zero-order valence-corrected chi connectivity index (χ0v) is 18.4. The summed E-state index contributed by atoms with van der Waals surface area (Å²) in [5.74, 6) is 1.08. The molecule has 0 atom stereocenters. The molecule has 1 aliphatic heterocycles. The van der Waals surface area contributed by atoms with Crippen LogP contribution < -0.4 is 10.1 Å². The first-order valence-electron chi connectivity index (χ1n) is 8.78. The van der Waals surface area contributed by atoms with Crippen LogP contribution in [0.3, 0.4) is 0 Å². The van der Waals surface area contributed by atoms with Crippen LogP contribution in [-0.2, 0) is 6.54 Å². The van der Waals surface area contributed by atoms with E-state index >= 15 is 0 Å². The number of nitrogens with zero attached hydrogens (tertiary/aromatic N) is 4. The first kappa shape index (κ1) is 19.1. The minimum absolute atomic E-state index is 0.00205. The number of carbonyl (C=O) groups excluding carboxylic acids is 1. The molecule has 1 amide bonds. The summed E-state index contributed by atoms with van der Waals surface area (Å²) in [4.78, 5) is 21.1. The molecule has 2 aromatic heterocycles. The Hall–Kier alpha value is -2.26. The average molecular weight is 507 g/mol. The lowest BCUT2D eigenvalue weighted by Gasteiger charge is -2.16. The van der Waals surface area contributed by atoms with Gasteiger partial charge in [0.25, 0.3) is 5.91 Å². The Morgan fingerprint density at radius 3 is 2.79 bits per heavy atom. The highest BCUT2D eigenvalue weighted by molar-refractivity contribution is 9.11. The van der Waals surface area contributed by atoms with Crippen LogP contribution in [-0.4, -0.2) is 38.3 Å². The Balaban J connectivity index is 1.79. The number of rotatable bonds is 4. The summed E-state index contributed by atoms with van der Waals surface area (Å²) >= 11 is 7.08. The zero-order valence-electron chi connectivity index (χ0n) is 15.2. The highest BCUT2D eigenvalue weighted by Crippen LogP contribution is 2.39. The van der Waals surface area contributed by atoms with Crippen molar-refractivity contribution in [2.45, 2.75) is 26.5 Å². The van der Waals surface area contributed by atoms with Crippen molar-refractivity contribution in [3.63, 3.8) is 0 Å².